The fourth-order valence-electron chi connectivity index (χ4n) is 2.00. The third-order valence-electron chi connectivity index (χ3n) is 3.15. The van der Waals surface area contributed by atoms with Crippen molar-refractivity contribution in [3.8, 4) is 17.2 Å². The summed E-state index contributed by atoms with van der Waals surface area (Å²) in [7, 11) is 0. The van der Waals surface area contributed by atoms with Crippen molar-refractivity contribution in [1.29, 1.82) is 0 Å². The normalized spacial score (nSPS) is 12.5. The summed E-state index contributed by atoms with van der Waals surface area (Å²) in [6.45, 7) is 2.11. The van der Waals surface area contributed by atoms with Gasteiger partial charge >= 0.3 is 0 Å². The molecule has 0 saturated carbocycles. The quantitative estimate of drug-likeness (QED) is 0.781. The maximum absolute atomic E-state index is 9.17. The summed E-state index contributed by atoms with van der Waals surface area (Å²) in [4.78, 5) is 4.05. The van der Waals surface area contributed by atoms with Crippen molar-refractivity contribution in [2.75, 3.05) is 0 Å². The predicted octanol–water partition coefficient (Wildman–Crippen LogP) is 2.85. The van der Waals surface area contributed by atoms with Crippen molar-refractivity contribution in [2.45, 2.75) is 13.0 Å². The molecule has 3 aromatic rings. The van der Waals surface area contributed by atoms with Gasteiger partial charge in [-0.3, -0.25) is 0 Å². The van der Waals surface area contributed by atoms with Crippen LogP contribution in [0.3, 0.4) is 0 Å². The second-order valence-corrected chi connectivity index (χ2v) is 4.36. The first-order chi connectivity index (χ1) is 9.24. The zero-order valence-electron chi connectivity index (χ0n) is 10.4. The lowest BCUT2D eigenvalue weighted by Gasteiger charge is -2.13. The third kappa shape index (κ3) is 2.22. The van der Waals surface area contributed by atoms with Crippen LogP contribution < -0.4 is 0 Å². The summed E-state index contributed by atoms with van der Waals surface area (Å²) in [5.74, 6) is 0.449. The molecule has 0 spiro atoms. The molecular weight excluding hydrogens is 242 g/mol. The van der Waals surface area contributed by atoms with Crippen molar-refractivity contribution in [3.05, 3.63) is 54.6 Å². The molecule has 19 heavy (non-hydrogen) atoms. The molecular formula is C14H13N3O2. The van der Waals surface area contributed by atoms with Gasteiger partial charge in [-0.1, -0.05) is 24.3 Å². The molecule has 96 valence electrons. The number of aromatic hydroxyl groups is 1. The van der Waals surface area contributed by atoms with Gasteiger partial charge in [0.2, 0.25) is 0 Å². The van der Waals surface area contributed by atoms with E-state index in [4.69, 9.17) is 9.63 Å². The van der Waals surface area contributed by atoms with Gasteiger partial charge < -0.3 is 14.2 Å². The van der Waals surface area contributed by atoms with E-state index in [1.54, 1.807) is 12.5 Å². The molecule has 0 saturated heterocycles. The van der Waals surface area contributed by atoms with Gasteiger partial charge in [-0.05, 0) is 17.6 Å². The number of imidazole rings is 1. The van der Waals surface area contributed by atoms with Crippen LogP contribution in [-0.4, -0.2) is 19.8 Å². The SMILES string of the molecule is C[C@@H](c1ccc(-c2cc(O)no2)cc1)n1ccnc1. The average molecular weight is 255 g/mol. The molecule has 0 unspecified atom stereocenters. The van der Waals surface area contributed by atoms with Crippen molar-refractivity contribution in [2.24, 2.45) is 0 Å². The van der Waals surface area contributed by atoms with Gasteiger partial charge in [-0.25, -0.2) is 4.98 Å². The molecule has 5 nitrogen and oxygen atoms in total. The average Bonchev–Trinajstić information content (AvgIpc) is 3.09. The summed E-state index contributed by atoms with van der Waals surface area (Å²) in [6.07, 6.45) is 5.50. The molecule has 3 rings (SSSR count). The Morgan fingerprint density at radius 2 is 2.05 bits per heavy atom. The minimum atomic E-state index is -0.106. The monoisotopic (exact) mass is 255 g/mol. The van der Waals surface area contributed by atoms with Crippen molar-refractivity contribution < 1.29 is 9.63 Å². The van der Waals surface area contributed by atoms with Crippen LogP contribution in [0.1, 0.15) is 18.5 Å². The summed E-state index contributed by atoms with van der Waals surface area (Å²) in [5, 5.41) is 12.6. The first-order valence-corrected chi connectivity index (χ1v) is 5.97. The summed E-state index contributed by atoms with van der Waals surface area (Å²) in [6, 6.07) is 9.67. The Morgan fingerprint density at radius 1 is 1.26 bits per heavy atom. The van der Waals surface area contributed by atoms with Gasteiger partial charge in [0, 0.05) is 24.0 Å². The molecule has 0 radical (unpaired) electrons. The number of rotatable bonds is 3. The van der Waals surface area contributed by atoms with Gasteiger partial charge in [-0.2, -0.15) is 0 Å². The Kier molecular flexibility index (Phi) is 2.79. The number of nitrogens with zero attached hydrogens (tertiary/aromatic N) is 3. The zero-order chi connectivity index (χ0) is 13.2. The summed E-state index contributed by atoms with van der Waals surface area (Å²) >= 11 is 0. The van der Waals surface area contributed by atoms with E-state index in [0.717, 1.165) is 5.56 Å². The Bertz CT molecular complexity index is 656. The maximum Gasteiger partial charge on any atom is 0.252 e. The van der Waals surface area contributed by atoms with Crippen LogP contribution in [0.2, 0.25) is 0 Å². The topological polar surface area (TPSA) is 64.1 Å². The fourth-order valence-corrected chi connectivity index (χ4v) is 2.00. The lowest BCUT2D eigenvalue weighted by Crippen LogP contribution is -2.03. The van der Waals surface area contributed by atoms with E-state index >= 15 is 0 Å². The molecule has 5 heteroatoms. The first-order valence-electron chi connectivity index (χ1n) is 5.97. The van der Waals surface area contributed by atoms with Gasteiger partial charge in [0.25, 0.3) is 5.88 Å². The van der Waals surface area contributed by atoms with E-state index in [-0.39, 0.29) is 11.9 Å². The van der Waals surface area contributed by atoms with Crippen LogP contribution in [0.4, 0.5) is 0 Å². The minimum absolute atomic E-state index is 0.106. The molecule has 1 aromatic carbocycles. The molecule has 1 N–H and O–H groups in total. The van der Waals surface area contributed by atoms with Gasteiger partial charge in [0.15, 0.2) is 5.76 Å². The Labute approximate surface area is 110 Å². The Hall–Kier alpha value is -2.56. The third-order valence-corrected chi connectivity index (χ3v) is 3.15. The van der Waals surface area contributed by atoms with Gasteiger partial charge in [0.05, 0.1) is 12.4 Å². The lowest BCUT2D eigenvalue weighted by atomic mass is 10.0. The predicted molar refractivity (Wildman–Crippen MR) is 69.6 cm³/mol. The second kappa shape index (κ2) is 4.61. The molecule has 2 heterocycles. The molecule has 0 fully saturated rings. The fraction of sp³-hybridized carbons (Fsp3) is 0.143. The van der Waals surface area contributed by atoms with Crippen molar-refractivity contribution in [3.63, 3.8) is 0 Å². The second-order valence-electron chi connectivity index (χ2n) is 4.36. The minimum Gasteiger partial charge on any atom is -0.491 e. The molecule has 0 aliphatic heterocycles. The van der Waals surface area contributed by atoms with Crippen LogP contribution in [-0.2, 0) is 0 Å². The number of benzene rings is 1. The van der Waals surface area contributed by atoms with E-state index in [0.29, 0.717) is 5.76 Å². The van der Waals surface area contributed by atoms with Crippen LogP contribution in [0.5, 0.6) is 5.88 Å². The maximum atomic E-state index is 9.17. The highest BCUT2D eigenvalue weighted by Gasteiger charge is 2.09. The number of hydrogen-bond acceptors (Lipinski definition) is 4. The molecule has 0 bridgehead atoms. The molecule has 1 atom stereocenters. The summed E-state index contributed by atoms with van der Waals surface area (Å²) < 4.78 is 7.04. The molecule has 2 aromatic heterocycles. The van der Waals surface area contributed by atoms with E-state index in [2.05, 4.69) is 17.1 Å². The van der Waals surface area contributed by atoms with Gasteiger partial charge in [-0.15, -0.1) is 0 Å². The largest absolute Gasteiger partial charge is 0.491 e. The highest BCUT2D eigenvalue weighted by atomic mass is 16.5. The van der Waals surface area contributed by atoms with E-state index < -0.39 is 0 Å². The molecule has 0 aliphatic rings. The van der Waals surface area contributed by atoms with E-state index in [1.165, 1.54) is 11.6 Å². The Morgan fingerprint density at radius 3 is 2.63 bits per heavy atom. The van der Waals surface area contributed by atoms with Crippen molar-refractivity contribution in [1.82, 2.24) is 14.7 Å². The molecule has 0 amide bonds. The summed E-state index contributed by atoms with van der Waals surface area (Å²) in [5.41, 5.74) is 2.06. The van der Waals surface area contributed by atoms with Crippen LogP contribution in [0.15, 0.2) is 53.6 Å². The number of aromatic nitrogens is 3. The highest BCUT2D eigenvalue weighted by molar-refractivity contribution is 5.58. The zero-order valence-corrected chi connectivity index (χ0v) is 10.4. The lowest BCUT2D eigenvalue weighted by molar-refractivity contribution is 0.365. The van der Waals surface area contributed by atoms with Crippen LogP contribution in [0, 0.1) is 0 Å². The van der Waals surface area contributed by atoms with Crippen LogP contribution in [0.25, 0.3) is 11.3 Å². The van der Waals surface area contributed by atoms with Gasteiger partial charge in [0.1, 0.15) is 0 Å². The number of hydrogen-bond donors (Lipinski definition) is 1. The first kappa shape index (κ1) is 11.5. The highest BCUT2D eigenvalue weighted by Crippen LogP contribution is 2.25. The smallest absolute Gasteiger partial charge is 0.252 e. The molecule has 0 aliphatic carbocycles. The standard InChI is InChI=1S/C14H13N3O2/c1-10(17-7-6-15-9-17)11-2-4-12(5-3-11)13-8-14(18)16-19-13/h2-10H,1H3,(H,16,18)/t10-/m0/s1. The van der Waals surface area contributed by atoms with Crippen molar-refractivity contribution >= 4 is 0 Å². The van der Waals surface area contributed by atoms with Crippen LogP contribution >= 0.6 is 0 Å². The van der Waals surface area contributed by atoms with E-state index in [9.17, 15) is 0 Å². The van der Waals surface area contributed by atoms with E-state index in [1.807, 2.05) is 35.0 Å². The Balaban J connectivity index is 1.87.